The first-order chi connectivity index (χ1) is 14.2. The summed E-state index contributed by atoms with van der Waals surface area (Å²) in [6.45, 7) is 2.83. The number of aliphatic hydroxyl groups excluding tert-OH is 2. The molecule has 0 amide bonds. The summed E-state index contributed by atoms with van der Waals surface area (Å²) in [7, 11) is -4.48. The predicted octanol–water partition coefficient (Wildman–Crippen LogP) is 1.04. The van der Waals surface area contributed by atoms with Crippen LogP contribution in [0.2, 0.25) is 0 Å². The third kappa shape index (κ3) is 2.89. The van der Waals surface area contributed by atoms with Gasteiger partial charge in [0.1, 0.15) is 12.2 Å². The summed E-state index contributed by atoms with van der Waals surface area (Å²) in [6.07, 6.45) is 2.59. The highest BCUT2D eigenvalue weighted by molar-refractivity contribution is 7.85. The fraction of sp³-hybridized carbons (Fsp3) is 0.818. The molecule has 0 bridgehead atoms. The zero-order valence-corrected chi connectivity index (χ0v) is 18.8. The van der Waals surface area contributed by atoms with Gasteiger partial charge in [0.2, 0.25) is 0 Å². The lowest BCUT2D eigenvalue weighted by atomic mass is 9.39. The summed E-state index contributed by atoms with van der Waals surface area (Å²) in [5, 5.41) is 32.4. The Kier molecular flexibility index (Phi) is 5.15. The molecule has 0 aromatic rings. The molecule has 0 aliphatic heterocycles. The monoisotopic (exact) mass is 456 g/mol. The number of Topliss-reactive ketones (excluding diaryl/α,β-unsaturated/α-hetero) is 1. The lowest BCUT2D eigenvalue weighted by molar-refractivity contribution is -0.213. The van der Waals surface area contributed by atoms with Crippen molar-refractivity contribution >= 4 is 21.7 Å². The van der Waals surface area contributed by atoms with Gasteiger partial charge in [-0.1, -0.05) is 19.4 Å². The molecule has 4 aliphatic carbocycles. The van der Waals surface area contributed by atoms with Gasteiger partial charge in [0.05, 0.1) is 11.9 Å². The zero-order chi connectivity index (χ0) is 23.0. The second-order valence-corrected chi connectivity index (χ2v) is 12.1. The molecule has 0 heterocycles. The summed E-state index contributed by atoms with van der Waals surface area (Å²) < 4.78 is 34.5. The molecule has 4 rings (SSSR count). The molecular formula is C22H32O8S. The van der Waals surface area contributed by atoms with Crippen molar-refractivity contribution in [2.45, 2.75) is 70.5 Å². The molecule has 0 unspecified atom stereocenters. The van der Waals surface area contributed by atoms with Crippen LogP contribution in [0.1, 0.15) is 58.8 Å². The van der Waals surface area contributed by atoms with Gasteiger partial charge in [-0.15, -0.1) is 0 Å². The third-order valence-corrected chi connectivity index (χ3v) is 10.5. The Labute approximate surface area is 182 Å². The Bertz CT molecular complexity index is 957. The molecule has 0 radical (unpaired) electrons. The number of rotatable bonds is 4. The van der Waals surface area contributed by atoms with Crippen LogP contribution >= 0.6 is 0 Å². The van der Waals surface area contributed by atoms with Gasteiger partial charge in [-0.3, -0.25) is 14.1 Å². The average Bonchev–Trinajstić information content (AvgIpc) is 2.93. The highest BCUT2D eigenvalue weighted by Crippen LogP contribution is 2.72. The minimum absolute atomic E-state index is 0.0214. The first-order valence-corrected chi connectivity index (χ1v) is 12.6. The van der Waals surface area contributed by atoms with Crippen LogP contribution in [-0.2, 0) is 19.7 Å². The van der Waals surface area contributed by atoms with Crippen molar-refractivity contribution in [3.8, 4) is 0 Å². The van der Waals surface area contributed by atoms with Gasteiger partial charge in [0, 0.05) is 17.3 Å². The minimum Gasteiger partial charge on any atom is -0.392 e. The second kappa shape index (κ2) is 6.93. The molecule has 31 heavy (non-hydrogen) atoms. The van der Waals surface area contributed by atoms with E-state index in [1.165, 1.54) is 0 Å². The molecule has 0 aromatic carbocycles. The van der Waals surface area contributed by atoms with Crippen LogP contribution in [0.5, 0.6) is 0 Å². The van der Waals surface area contributed by atoms with E-state index >= 15 is 0 Å². The van der Waals surface area contributed by atoms with E-state index in [1.54, 1.807) is 13.0 Å². The quantitative estimate of drug-likeness (QED) is 0.459. The molecule has 3 fully saturated rings. The maximum absolute atomic E-state index is 12.5. The van der Waals surface area contributed by atoms with E-state index in [2.05, 4.69) is 0 Å². The number of hydrogen-bond acceptors (Lipinski definition) is 7. The first kappa shape index (κ1) is 23.0. The van der Waals surface area contributed by atoms with E-state index < -0.39 is 56.2 Å². The Morgan fingerprint density at radius 1 is 1.16 bits per heavy atom. The number of carbonyl (C=O) groups is 2. The highest BCUT2D eigenvalue weighted by Gasteiger charge is 2.73. The van der Waals surface area contributed by atoms with Crippen LogP contribution in [0.15, 0.2) is 11.6 Å². The number of allylic oxidation sites excluding steroid dienone is 1. The summed E-state index contributed by atoms with van der Waals surface area (Å²) in [5.41, 5.74) is -4.05. The smallest absolute Gasteiger partial charge is 0.265 e. The van der Waals surface area contributed by atoms with Gasteiger partial charge < -0.3 is 15.3 Å². The number of hydrogen-bond donors (Lipinski definition) is 4. The van der Waals surface area contributed by atoms with Gasteiger partial charge in [-0.25, -0.2) is 0 Å². The number of ketones is 2. The van der Waals surface area contributed by atoms with E-state index in [-0.39, 0.29) is 36.9 Å². The van der Waals surface area contributed by atoms with E-state index in [0.717, 1.165) is 5.57 Å². The van der Waals surface area contributed by atoms with E-state index in [1.807, 2.05) is 6.92 Å². The van der Waals surface area contributed by atoms with Crippen molar-refractivity contribution in [2.24, 2.45) is 28.1 Å². The molecule has 9 heteroatoms. The Balaban J connectivity index is 1.90. The summed E-state index contributed by atoms with van der Waals surface area (Å²) in [4.78, 5) is 24.7. The fourth-order valence-electron chi connectivity index (χ4n) is 8.07. The third-order valence-electron chi connectivity index (χ3n) is 9.63. The maximum atomic E-state index is 12.5. The fourth-order valence-corrected chi connectivity index (χ4v) is 9.40. The van der Waals surface area contributed by atoms with Crippen molar-refractivity contribution in [3.05, 3.63) is 11.6 Å². The Hall–Kier alpha value is -1.13. The molecule has 3 saturated carbocycles. The highest BCUT2D eigenvalue weighted by atomic mass is 32.2. The summed E-state index contributed by atoms with van der Waals surface area (Å²) >= 11 is 0. The summed E-state index contributed by atoms with van der Waals surface area (Å²) in [5.74, 6) is -1.98. The number of aliphatic hydroxyl groups is 3. The van der Waals surface area contributed by atoms with Crippen LogP contribution in [0.4, 0.5) is 0 Å². The first-order valence-electron chi connectivity index (χ1n) is 11.0. The average molecular weight is 457 g/mol. The summed E-state index contributed by atoms with van der Waals surface area (Å²) in [6, 6.07) is 0. The largest absolute Gasteiger partial charge is 0.392 e. The topological polar surface area (TPSA) is 149 Å². The molecule has 0 spiro atoms. The lowest BCUT2D eigenvalue weighted by Gasteiger charge is -2.67. The van der Waals surface area contributed by atoms with Crippen LogP contribution in [0, 0.1) is 28.1 Å². The van der Waals surface area contributed by atoms with E-state index in [0.29, 0.717) is 25.7 Å². The van der Waals surface area contributed by atoms with Crippen molar-refractivity contribution in [3.63, 3.8) is 0 Å². The number of fused-ring (bicyclic) bond motifs is 5. The van der Waals surface area contributed by atoms with Crippen molar-refractivity contribution in [1.29, 1.82) is 0 Å². The van der Waals surface area contributed by atoms with E-state index in [4.69, 9.17) is 0 Å². The Morgan fingerprint density at radius 3 is 2.45 bits per heavy atom. The van der Waals surface area contributed by atoms with E-state index in [9.17, 15) is 37.9 Å². The van der Waals surface area contributed by atoms with Crippen LogP contribution in [-0.4, -0.2) is 63.9 Å². The molecule has 0 saturated heterocycles. The van der Waals surface area contributed by atoms with Crippen molar-refractivity contribution in [2.75, 3.05) is 12.4 Å². The SMILES string of the molecule is C[C@]12CCC(=O)C=C1CC[C@H]1[C@@H]3CC[C@](O)(C(=O)CO)[C@@]3(C)C[C@H](O)[C@@]12CS(=O)(=O)O. The van der Waals surface area contributed by atoms with Crippen molar-refractivity contribution < 1.29 is 37.9 Å². The normalized spacial score (nSPS) is 47.2. The molecule has 7 atom stereocenters. The number of carbonyl (C=O) groups excluding carboxylic acids is 2. The zero-order valence-electron chi connectivity index (χ0n) is 18.0. The molecule has 8 nitrogen and oxygen atoms in total. The Morgan fingerprint density at radius 2 is 1.84 bits per heavy atom. The van der Waals surface area contributed by atoms with Crippen LogP contribution in [0.25, 0.3) is 0 Å². The van der Waals surface area contributed by atoms with Gasteiger partial charge in [0.15, 0.2) is 11.6 Å². The molecule has 4 N–H and O–H groups in total. The van der Waals surface area contributed by atoms with Crippen LogP contribution < -0.4 is 0 Å². The molecule has 174 valence electrons. The molecule has 0 aromatic heterocycles. The van der Waals surface area contributed by atoms with Gasteiger partial charge in [0.25, 0.3) is 10.1 Å². The van der Waals surface area contributed by atoms with Crippen LogP contribution in [0.3, 0.4) is 0 Å². The second-order valence-electron chi connectivity index (χ2n) is 10.6. The molecule has 4 aliphatic rings. The van der Waals surface area contributed by atoms with Crippen molar-refractivity contribution in [1.82, 2.24) is 0 Å². The standard InChI is InChI=1S/C22H32O8S/c1-19-7-5-14(24)9-13(19)3-4-16-15-6-8-22(27,18(26)11-23)20(15,2)10-17(25)21(16,19)12-31(28,29)30/h9,15-17,23,25,27H,3-8,10-12H2,1-2H3,(H,28,29,30)/t15-,16-,17-,19-,20-,21+,22-/m0/s1. The lowest BCUT2D eigenvalue weighted by Crippen LogP contribution is -2.69. The van der Waals surface area contributed by atoms with Gasteiger partial charge in [-0.05, 0) is 61.9 Å². The predicted molar refractivity (Wildman–Crippen MR) is 111 cm³/mol. The van der Waals surface area contributed by atoms with Gasteiger partial charge in [-0.2, -0.15) is 8.42 Å². The molecular weight excluding hydrogens is 424 g/mol. The minimum atomic E-state index is -4.48. The van der Waals surface area contributed by atoms with Gasteiger partial charge >= 0.3 is 0 Å². The maximum Gasteiger partial charge on any atom is 0.265 e.